The van der Waals surface area contributed by atoms with Crippen LogP contribution in [0.1, 0.15) is 48.9 Å². The Labute approximate surface area is 170 Å². The van der Waals surface area contributed by atoms with Gasteiger partial charge in [0, 0.05) is 25.6 Å². The van der Waals surface area contributed by atoms with Crippen molar-refractivity contribution in [1.29, 1.82) is 0 Å². The van der Waals surface area contributed by atoms with Gasteiger partial charge in [-0.25, -0.2) is 8.78 Å². The fraction of sp³-hybridized carbons (Fsp3) is 0.619. The van der Waals surface area contributed by atoms with Gasteiger partial charge in [-0.05, 0) is 56.3 Å². The minimum absolute atomic E-state index is 0. The van der Waals surface area contributed by atoms with Crippen LogP contribution in [0.15, 0.2) is 18.2 Å². The van der Waals surface area contributed by atoms with E-state index in [9.17, 15) is 18.4 Å². The lowest BCUT2D eigenvalue weighted by Gasteiger charge is -2.42. The first kappa shape index (κ1) is 21.2. The van der Waals surface area contributed by atoms with E-state index in [-0.39, 0.29) is 41.0 Å². The highest BCUT2D eigenvalue weighted by Crippen LogP contribution is 2.45. The van der Waals surface area contributed by atoms with E-state index < -0.39 is 11.6 Å². The summed E-state index contributed by atoms with van der Waals surface area (Å²) in [5.74, 6) is -1.36. The normalized spacial score (nSPS) is 27.8. The fourth-order valence-corrected chi connectivity index (χ4v) is 5.23. The lowest BCUT2D eigenvalue weighted by atomic mass is 9.67. The standard InChI is InChI=1S/C21H26F2N2O2.ClH/c22-16-4-5-18(23)17(11-16)19(26)14-6-9-25(10-7-14)20(27)21-8-2-1-3-15(21)12-24-13-21;/h4-5,11,14-15,24H,1-3,6-10,12-13H2;1H/t15-,21+;/m0./s1. The predicted octanol–water partition coefficient (Wildman–Crippen LogP) is 3.59. The van der Waals surface area contributed by atoms with Crippen molar-refractivity contribution >= 4 is 24.1 Å². The SMILES string of the molecule is Cl.O=C(c1cc(F)ccc1F)C1CCN(C(=O)[C@@]23CCCC[C@H]2CNC3)CC1. The van der Waals surface area contributed by atoms with Crippen LogP contribution in [0.5, 0.6) is 0 Å². The topological polar surface area (TPSA) is 49.4 Å². The molecule has 4 rings (SSSR count). The van der Waals surface area contributed by atoms with Crippen LogP contribution in [0, 0.1) is 28.9 Å². The van der Waals surface area contributed by atoms with Crippen LogP contribution in [0.25, 0.3) is 0 Å². The number of Topliss-reactive ketones (excluding diaryl/α,β-unsaturated/α-hetero) is 1. The van der Waals surface area contributed by atoms with Crippen molar-refractivity contribution in [2.75, 3.05) is 26.2 Å². The molecule has 0 aromatic heterocycles. The number of ketones is 1. The number of hydrogen-bond acceptors (Lipinski definition) is 3. The summed E-state index contributed by atoms with van der Waals surface area (Å²) in [5, 5.41) is 3.41. The van der Waals surface area contributed by atoms with Gasteiger partial charge >= 0.3 is 0 Å². The van der Waals surface area contributed by atoms with Gasteiger partial charge in [0.25, 0.3) is 0 Å². The first-order valence-corrected chi connectivity index (χ1v) is 10.0. The van der Waals surface area contributed by atoms with E-state index in [1.54, 1.807) is 0 Å². The molecule has 0 spiro atoms. The lowest BCUT2D eigenvalue weighted by molar-refractivity contribution is -0.146. The highest BCUT2D eigenvalue weighted by atomic mass is 35.5. The Hall–Kier alpha value is -1.53. The average molecular weight is 413 g/mol. The highest BCUT2D eigenvalue weighted by Gasteiger charge is 2.51. The Balaban J connectivity index is 0.00000225. The molecule has 3 fully saturated rings. The van der Waals surface area contributed by atoms with Gasteiger partial charge in [0.05, 0.1) is 11.0 Å². The quantitative estimate of drug-likeness (QED) is 0.772. The van der Waals surface area contributed by atoms with E-state index in [0.717, 1.165) is 50.6 Å². The molecule has 1 amide bonds. The maximum absolute atomic E-state index is 13.9. The summed E-state index contributed by atoms with van der Waals surface area (Å²) >= 11 is 0. The molecule has 1 N–H and O–H groups in total. The van der Waals surface area contributed by atoms with Crippen LogP contribution in [-0.4, -0.2) is 42.8 Å². The molecule has 28 heavy (non-hydrogen) atoms. The van der Waals surface area contributed by atoms with E-state index in [2.05, 4.69) is 5.32 Å². The smallest absolute Gasteiger partial charge is 0.230 e. The minimum Gasteiger partial charge on any atom is -0.342 e. The summed E-state index contributed by atoms with van der Waals surface area (Å²) in [4.78, 5) is 27.8. The van der Waals surface area contributed by atoms with Gasteiger partial charge in [-0.2, -0.15) is 0 Å². The summed E-state index contributed by atoms with van der Waals surface area (Å²) in [7, 11) is 0. The van der Waals surface area contributed by atoms with Crippen LogP contribution in [0.3, 0.4) is 0 Å². The molecule has 7 heteroatoms. The van der Waals surface area contributed by atoms with Gasteiger partial charge in [-0.1, -0.05) is 12.8 Å². The number of likely N-dealkylation sites (tertiary alicyclic amines) is 1. The predicted molar refractivity (Wildman–Crippen MR) is 105 cm³/mol. The summed E-state index contributed by atoms with van der Waals surface area (Å²) in [6, 6.07) is 2.99. The van der Waals surface area contributed by atoms with Gasteiger partial charge in [0.2, 0.25) is 5.91 Å². The molecule has 2 heterocycles. The number of hydrogen-bond donors (Lipinski definition) is 1. The number of carbonyl (C=O) groups is 2. The Kier molecular flexibility index (Phi) is 6.40. The van der Waals surface area contributed by atoms with E-state index in [4.69, 9.17) is 0 Å². The summed E-state index contributed by atoms with van der Waals surface area (Å²) in [5.41, 5.74) is -0.449. The number of benzene rings is 1. The van der Waals surface area contributed by atoms with E-state index >= 15 is 0 Å². The number of halogens is 3. The Morgan fingerprint density at radius 1 is 1.11 bits per heavy atom. The molecule has 0 unspecified atom stereocenters. The van der Waals surface area contributed by atoms with Gasteiger partial charge in [-0.15, -0.1) is 12.4 Å². The Morgan fingerprint density at radius 2 is 1.86 bits per heavy atom. The second kappa shape index (κ2) is 8.46. The molecule has 1 saturated carbocycles. The van der Waals surface area contributed by atoms with Gasteiger partial charge < -0.3 is 10.2 Å². The number of amides is 1. The molecule has 1 aromatic rings. The van der Waals surface area contributed by atoms with Crippen LogP contribution >= 0.6 is 12.4 Å². The van der Waals surface area contributed by atoms with E-state index in [0.29, 0.717) is 31.8 Å². The number of carbonyl (C=O) groups excluding carboxylic acids is 2. The van der Waals surface area contributed by atoms with Gasteiger partial charge in [0.1, 0.15) is 11.6 Å². The zero-order valence-corrected chi connectivity index (χ0v) is 16.7. The third-order valence-electron chi connectivity index (χ3n) is 6.81. The van der Waals surface area contributed by atoms with Gasteiger partial charge in [-0.3, -0.25) is 9.59 Å². The maximum Gasteiger partial charge on any atom is 0.230 e. The molecule has 3 aliphatic rings. The molecule has 4 nitrogen and oxygen atoms in total. The molecular weight excluding hydrogens is 386 g/mol. The van der Waals surface area contributed by atoms with Crippen molar-refractivity contribution in [2.45, 2.75) is 38.5 Å². The van der Waals surface area contributed by atoms with Crippen molar-refractivity contribution in [3.05, 3.63) is 35.4 Å². The number of rotatable bonds is 3. The fourth-order valence-electron chi connectivity index (χ4n) is 5.23. The zero-order chi connectivity index (χ0) is 19.0. The van der Waals surface area contributed by atoms with Crippen molar-refractivity contribution < 1.29 is 18.4 Å². The summed E-state index contributed by atoms with van der Waals surface area (Å²) in [6.45, 7) is 2.70. The summed E-state index contributed by atoms with van der Waals surface area (Å²) < 4.78 is 27.3. The van der Waals surface area contributed by atoms with Crippen LogP contribution in [-0.2, 0) is 4.79 Å². The maximum atomic E-state index is 13.9. The highest BCUT2D eigenvalue weighted by molar-refractivity contribution is 5.98. The van der Waals surface area contributed by atoms with Gasteiger partial charge in [0.15, 0.2) is 5.78 Å². The Bertz CT molecular complexity index is 752. The van der Waals surface area contributed by atoms with Crippen LogP contribution < -0.4 is 5.32 Å². The third kappa shape index (κ3) is 3.69. The summed E-state index contributed by atoms with van der Waals surface area (Å²) in [6.07, 6.45) is 5.35. The average Bonchev–Trinajstić information content (AvgIpc) is 3.14. The van der Waals surface area contributed by atoms with E-state index in [1.165, 1.54) is 6.42 Å². The third-order valence-corrected chi connectivity index (χ3v) is 6.81. The molecule has 2 saturated heterocycles. The molecule has 1 aromatic carbocycles. The molecule has 2 atom stereocenters. The molecule has 1 aliphatic carbocycles. The molecule has 2 aliphatic heterocycles. The molecule has 0 radical (unpaired) electrons. The van der Waals surface area contributed by atoms with Crippen molar-refractivity contribution in [1.82, 2.24) is 10.2 Å². The monoisotopic (exact) mass is 412 g/mol. The largest absolute Gasteiger partial charge is 0.342 e. The number of nitrogens with one attached hydrogen (secondary N) is 1. The molecular formula is C21H27ClF2N2O2. The number of nitrogens with zero attached hydrogens (tertiary/aromatic N) is 1. The second-order valence-electron chi connectivity index (χ2n) is 8.28. The zero-order valence-electron chi connectivity index (χ0n) is 15.9. The van der Waals surface area contributed by atoms with Crippen LogP contribution in [0.4, 0.5) is 8.78 Å². The molecule has 0 bridgehead atoms. The molecule has 154 valence electrons. The lowest BCUT2D eigenvalue weighted by Crippen LogP contribution is -2.52. The minimum atomic E-state index is -0.680. The second-order valence-corrected chi connectivity index (χ2v) is 8.28. The van der Waals surface area contributed by atoms with Crippen LogP contribution in [0.2, 0.25) is 0 Å². The number of piperidine rings is 1. The Morgan fingerprint density at radius 3 is 2.61 bits per heavy atom. The van der Waals surface area contributed by atoms with E-state index in [1.807, 2.05) is 4.90 Å². The van der Waals surface area contributed by atoms with Crippen molar-refractivity contribution in [3.8, 4) is 0 Å². The number of fused-ring (bicyclic) bond motifs is 1. The van der Waals surface area contributed by atoms with Crippen molar-refractivity contribution in [3.63, 3.8) is 0 Å². The van der Waals surface area contributed by atoms with Crippen molar-refractivity contribution in [2.24, 2.45) is 17.3 Å². The first-order chi connectivity index (χ1) is 13.0. The first-order valence-electron chi connectivity index (χ1n) is 10.0.